The highest BCUT2D eigenvalue weighted by molar-refractivity contribution is 7.92. The number of carbonyl (C=O) groups is 1. The Bertz CT molecular complexity index is 995. The number of rotatable bonds is 5. The Hall–Kier alpha value is -2.21. The van der Waals surface area contributed by atoms with Gasteiger partial charge in [-0.25, -0.2) is 12.8 Å². The number of sulfonamides is 1. The summed E-state index contributed by atoms with van der Waals surface area (Å²) in [6.07, 6.45) is 7.26. The maximum absolute atomic E-state index is 13.2. The SMILES string of the molecule is O=C(Cc1ccc2c(c1)N(S(=O)(=O)c1ccc(F)cc1)CCC2)C1CCCCC1. The smallest absolute Gasteiger partial charge is 0.264 e. The number of anilines is 1. The Morgan fingerprint density at radius 1 is 1.00 bits per heavy atom. The minimum absolute atomic E-state index is 0.0791. The standard InChI is InChI=1S/C23H26FNO3S/c24-20-10-12-21(13-11-20)29(27,28)25-14-4-7-18-9-8-17(15-22(18)25)16-23(26)19-5-2-1-3-6-19/h8-13,15,19H,1-7,14,16H2. The van der Waals surface area contributed by atoms with Gasteiger partial charge in [0.25, 0.3) is 10.0 Å². The molecule has 0 saturated heterocycles. The summed E-state index contributed by atoms with van der Waals surface area (Å²) in [5.41, 5.74) is 2.48. The molecule has 0 N–H and O–H groups in total. The van der Waals surface area contributed by atoms with Crippen LogP contribution in [-0.4, -0.2) is 20.7 Å². The van der Waals surface area contributed by atoms with Gasteiger partial charge in [-0.05, 0) is 67.1 Å². The highest BCUT2D eigenvalue weighted by Gasteiger charge is 2.30. The maximum Gasteiger partial charge on any atom is 0.264 e. The maximum atomic E-state index is 13.2. The van der Waals surface area contributed by atoms with E-state index >= 15 is 0 Å². The zero-order valence-electron chi connectivity index (χ0n) is 16.4. The molecule has 1 aliphatic carbocycles. The molecule has 29 heavy (non-hydrogen) atoms. The second-order valence-corrected chi connectivity index (χ2v) is 9.94. The molecule has 2 aromatic rings. The zero-order valence-corrected chi connectivity index (χ0v) is 17.3. The lowest BCUT2D eigenvalue weighted by molar-refractivity contribution is -0.123. The van der Waals surface area contributed by atoms with Crippen LogP contribution in [-0.2, 0) is 27.7 Å². The molecule has 0 amide bonds. The lowest BCUT2D eigenvalue weighted by atomic mass is 9.84. The molecule has 2 aliphatic rings. The van der Waals surface area contributed by atoms with Crippen LogP contribution in [0.4, 0.5) is 10.1 Å². The lowest BCUT2D eigenvalue weighted by Gasteiger charge is -2.31. The molecular formula is C23H26FNO3S. The van der Waals surface area contributed by atoms with E-state index in [4.69, 9.17) is 0 Å². The van der Waals surface area contributed by atoms with Gasteiger partial charge in [0, 0.05) is 18.9 Å². The number of nitrogens with zero attached hydrogens (tertiary/aromatic N) is 1. The van der Waals surface area contributed by atoms with Crippen molar-refractivity contribution in [3.8, 4) is 0 Å². The molecule has 154 valence electrons. The number of halogens is 1. The normalized spacial score (nSPS) is 17.8. The molecule has 1 aliphatic heterocycles. The quantitative estimate of drug-likeness (QED) is 0.714. The predicted octanol–water partition coefficient (Wildman–Crippen LogP) is 4.66. The number of Topliss-reactive ketones (excluding diaryl/α,β-unsaturated/α-hetero) is 1. The van der Waals surface area contributed by atoms with Crippen molar-refractivity contribution in [2.45, 2.75) is 56.3 Å². The third-order valence-corrected chi connectivity index (χ3v) is 7.89. The van der Waals surface area contributed by atoms with Gasteiger partial charge < -0.3 is 0 Å². The Kier molecular flexibility index (Phi) is 5.72. The molecule has 1 saturated carbocycles. The summed E-state index contributed by atoms with van der Waals surface area (Å²) in [6.45, 7) is 0.382. The van der Waals surface area contributed by atoms with Gasteiger partial charge in [-0.3, -0.25) is 9.10 Å². The molecule has 6 heteroatoms. The van der Waals surface area contributed by atoms with E-state index in [0.717, 1.165) is 61.8 Å². The van der Waals surface area contributed by atoms with Gasteiger partial charge >= 0.3 is 0 Å². The van der Waals surface area contributed by atoms with Crippen LogP contribution in [0.3, 0.4) is 0 Å². The van der Waals surface area contributed by atoms with E-state index in [1.807, 2.05) is 18.2 Å². The summed E-state index contributed by atoms with van der Waals surface area (Å²) in [4.78, 5) is 12.8. The molecule has 4 nitrogen and oxygen atoms in total. The molecule has 0 spiro atoms. The second kappa shape index (κ2) is 8.27. The Morgan fingerprint density at radius 2 is 1.72 bits per heavy atom. The van der Waals surface area contributed by atoms with Gasteiger partial charge in [-0.1, -0.05) is 31.4 Å². The molecule has 2 aromatic carbocycles. The second-order valence-electron chi connectivity index (χ2n) is 8.08. The van der Waals surface area contributed by atoms with Crippen molar-refractivity contribution in [1.29, 1.82) is 0 Å². The van der Waals surface area contributed by atoms with Crippen LogP contribution in [0.15, 0.2) is 47.4 Å². The van der Waals surface area contributed by atoms with E-state index in [2.05, 4.69) is 0 Å². The Labute approximate surface area is 171 Å². The first-order valence-electron chi connectivity index (χ1n) is 10.4. The van der Waals surface area contributed by atoms with Gasteiger partial charge in [-0.2, -0.15) is 0 Å². The highest BCUT2D eigenvalue weighted by Crippen LogP contribution is 2.34. The van der Waals surface area contributed by atoms with Crippen molar-refractivity contribution in [3.05, 3.63) is 59.4 Å². The molecule has 1 heterocycles. The number of aryl methyl sites for hydroxylation is 1. The van der Waals surface area contributed by atoms with E-state index in [-0.39, 0.29) is 16.6 Å². The summed E-state index contributed by atoms with van der Waals surface area (Å²) in [5, 5.41) is 0. The molecule has 0 atom stereocenters. The third-order valence-electron chi connectivity index (χ3n) is 6.07. The van der Waals surface area contributed by atoms with E-state index in [1.165, 1.54) is 22.9 Å². The summed E-state index contributed by atoms with van der Waals surface area (Å²) in [5.74, 6) is -0.0706. The van der Waals surface area contributed by atoms with E-state index in [9.17, 15) is 17.6 Å². The van der Waals surface area contributed by atoms with Gasteiger partial charge in [0.05, 0.1) is 10.6 Å². The van der Waals surface area contributed by atoms with Crippen LogP contribution < -0.4 is 4.31 Å². The molecule has 1 fully saturated rings. The lowest BCUT2D eigenvalue weighted by Crippen LogP contribution is -2.35. The first-order valence-corrected chi connectivity index (χ1v) is 11.8. The van der Waals surface area contributed by atoms with Crippen LogP contribution in [0, 0.1) is 11.7 Å². The summed E-state index contributed by atoms with van der Waals surface area (Å²) in [7, 11) is -3.78. The summed E-state index contributed by atoms with van der Waals surface area (Å²) >= 11 is 0. The number of ketones is 1. The average Bonchev–Trinajstić information content (AvgIpc) is 2.74. The Balaban J connectivity index is 1.61. The van der Waals surface area contributed by atoms with Gasteiger partial charge in [0.2, 0.25) is 0 Å². The fourth-order valence-corrected chi connectivity index (χ4v) is 5.98. The number of carbonyl (C=O) groups excluding carboxylic acids is 1. The predicted molar refractivity (Wildman–Crippen MR) is 111 cm³/mol. The number of benzene rings is 2. The van der Waals surface area contributed by atoms with Gasteiger partial charge in [0.1, 0.15) is 11.6 Å². The summed E-state index contributed by atoms with van der Waals surface area (Å²) < 4.78 is 41.0. The van der Waals surface area contributed by atoms with Crippen LogP contribution >= 0.6 is 0 Å². The molecule has 0 radical (unpaired) electrons. The van der Waals surface area contributed by atoms with Crippen molar-refractivity contribution in [2.75, 3.05) is 10.8 Å². The highest BCUT2D eigenvalue weighted by atomic mass is 32.2. The monoisotopic (exact) mass is 415 g/mol. The van der Waals surface area contributed by atoms with E-state index in [1.54, 1.807) is 0 Å². The molecule has 4 rings (SSSR count). The van der Waals surface area contributed by atoms with Crippen molar-refractivity contribution >= 4 is 21.5 Å². The minimum atomic E-state index is -3.78. The summed E-state index contributed by atoms with van der Waals surface area (Å²) in [6, 6.07) is 10.7. The minimum Gasteiger partial charge on any atom is -0.299 e. The van der Waals surface area contributed by atoms with Gasteiger partial charge in [-0.15, -0.1) is 0 Å². The third kappa shape index (κ3) is 4.22. The van der Waals surface area contributed by atoms with Crippen LogP contribution in [0.25, 0.3) is 0 Å². The molecule has 0 bridgehead atoms. The van der Waals surface area contributed by atoms with Crippen LogP contribution in [0.1, 0.15) is 49.7 Å². The van der Waals surface area contributed by atoms with Crippen LogP contribution in [0.5, 0.6) is 0 Å². The largest absolute Gasteiger partial charge is 0.299 e. The van der Waals surface area contributed by atoms with Crippen molar-refractivity contribution in [3.63, 3.8) is 0 Å². The number of hydrogen-bond donors (Lipinski definition) is 0. The first-order chi connectivity index (χ1) is 13.9. The van der Waals surface area contributed by atoms with Crippen LogP contribution in [0.2, 0.25) is 0 Å². The van der Waals surface area contributed by atoms with E-state index < -0.39 is 15.8 Å². The fourth-order valence-electron chi connectivity index (χ4n) is 4.45. The fraction of sp³-hybridized carbons (Fsp3) is 0.435. The van der Waals surface area contributed by atoms with Gasteiger partial charge in [0.15, 0.2) is 0 Å². The number of fused-ring (bicyclic) bond motifs is 1. The molecular weight excluding hydrogens is 389 g/mol. The van der Waals surface area contributed by atoms with Crippen molar-refractivity contribution < 1.29 is 17.6 Å². The van der Waals surface area contributed by atoms with Crippen molar-refractivity contribution in [2.24, 2.45) is 5.92 Å². The average molecular weight is 416 g/mol. The topological polar surface area (TPSA) is 54.5 Å². The van der Waals surface area contributed by atoms with Crippen molar-refractivity contribution in [1.82, 2.24) is 0 Å². The molecule has 0 aromatic heterocycles. The van der Waals surface area contributed by atoms with E-state index in [0.29, 0.717) is 18.7 Å². The molecule has 0 unspecified atom stereocenters. The first kappa shape index (κ1) is 20.1. The Morgan fingerprint density at radius 3 is 2.45 bits per heavy atom. The number of hydrogen-bond acceptors (Lipinski definition) is 3. The zero-order chi connectivity index (χ0) is 20.4.